The number of alkyl halides is 6. The smallest absolute Gasteiger partial charge is 0.432 e. The fourth-order valence-corrected chi connectivity index (χ4v) is 12.8. The Labute approximate surface area is 444 Å². The van der Waals surface area contributed by atoms with E-state index in [1.807, 2.05) is 71.1 Å². The summed E-state index contributed by atoms with van der Waals surface area (Å²) in [4.78, 5) is -1.12. The van der Waals surface area contributed by atoms with Crippen LogP contribution >= 0.6 is 0 Å². The van der Waals surface area contributed by atoms with E-state index in [-0.39, 0.29) is 39.7 Å². The van der Waals surface area contributed by atoms with E-state index in [1.165, 1.54) is 24.3 Å². The monoisotopic (exact) mass is 1130 g/mol. The van der Waals surface area contributed by atoms with Crippen molar-refractivity contribution in [3.05, 3.63) is 169 Å². The molecule has 2 unspecified atom stereocenters. The molecule has 414 valence electrons. The van der Waals surface area contributed by atoms with Crippen LogP contribution in [0.15, 0.2) is 125 Å². The molecule has 0 amide bonds. The van der Waals surface area contributed by atoms with Gasteiger partial charge in [0.2, 0.25) is 0 Å². The first-order valence-electron chi connectivity index (χ1n) is 24.1. The van der Waals surface area contributed by atoms with Crippen LogP contribution in [0.3, 0.4) is 0 Å². The van der Waals surface area contributed by atoms with E-state index in [1.54, 1.807) is 50.5 Å². The van der Waals surface area contributed by atoms with E-state index >= 15 is 26.3 Å². The minimum absolute atomic E-state index is 0.0336. The Morgan fingerprint density at radius 1 is 0.740 bits per heavy atom. The van der Waals surface area contributed by atoms with Gasteiger partial charge in [0.05, 0.1) is 24.7 Å². The number of halogens is 6. The normalized spacial score (nSPS) is 15.6. The number of quaternary nitrogens is 1. The molecule has 1 aliphatic heterocycles. The minimum atomic E-state index is -7.61. The van der Waals surface area contributed by atoms with Gasteiger partial charge in [-0.3, -0.25) is 4.72 Å². The number of nitrogens with two attached hydrogens (primary N) is 1. The van der Waals surface area contributed by atoms with Gasteiger partial charge in [-0.25, -0.2) is 16.8 Å². The number of methoxy groups -OCH3 is 1. The molecule has 23 heteroatoms. The molecule has 1 heterocycles. The van der Waals surface area contributed by atoms with E-state index in [4.69, 9.17) is 18.9 Å². The van der Waals surface area contributed by atoms with Crippen molar-refractivity contribution in [1.82, 2.24) is 0 Å². The number of aryl methyl sites for hydroxylation is 5. The molecule has 14 nitrogen and oxygen atoms in total. The lowest BCUT2D eigenvalue weighted by molar-refractivity contribution is -0.588. The molecule has 0 aromatic heterocycles. The molecule has 2 atom stereocenters. The van der Waals surface area contributed by atoms with Gasteiger partial charge in [-0.1, -0.05) is 61.9 Å². The van der Waals surface area contributed by atoms with Crippen LogP contribution in [0.5, 0.6) is 11.5 Å². The number of allylic oxidation sites excluding steroid dienone is 1. The highest BCUT2D eigenvalue weighted by molar-refractivity contribution is 8.12. The van der Waals surface area contributed by atoms with Crippen molar-refractivity contribution in [3.8, 4) is 11.5 Å². The lowest BCUT2D eigenvalue weighted by Gasteiger charge is -2.36. The Bertz CT molecular complexity index is 3450. The summed E-state index contributed by atoms with van der Waals surface area (Å²) < 4.78 is 200. The van der Waals surface area contributed by atoms with Gasteiger partial charge >= 0.3 is 26.5 Å². The third-order valence-corrected chi connectivity index (χ3v) is 17.8. The van der Waals surface area contributed by atoms with E-state index < -0.39 is 63.1 Å². The predicted octanol–water partition coefficient (Wildman–Crippen LogP) is 11.1. The Morgan fingerprint density at radius 3 is 2.00 bits per heavy atom. The number of ether oxygens (including phenoxy) is 4. The van der Waals surface area contributed by atoms with Gasteiger partial charge in [-0.05, 0) is 118 Å². The SMILES string of the molecule is CCC(C)c1ccc(NS(=O)(=O)C(F)(F)C(F)(F)C(F)(F)S(=O)(=O)[N-]S(=O)(=O)c2ccccc2C2=C3C=CC([NH2+]c4c(C)cc(OCCOCCOC)cc4C)C=C3Oc3cc(Nc4c(C)cc(C)cc4C)ccc32)cc1. The number of sulfonamides is 3. The van der Waals surface area contributed by atoms with Gasteiger partial charge in [0.15, 0.2) is 10.0 Å². The molecular weight excluding hydrogens is 1070 g/mol. The van der Waals surface area contributed by atoms with Crippen molar-refractivity contribution >= 4 is 58.4 Å². The molecule has 2 aliphatic rings. The number of rotatable bonds is 23. The maximum Gasteiger partial charge on any atom is 0.432 e. The number of hydrogen-bond acceptors (Lipinski definition) is 11. The lowest BCUT2D eigenvalue weighted by atomic mass is 9.87. The Kier molecular flexibility index (Phi) is 17.2. The summed E-state index contributed by atoms with van der Waals surface area (Å²) in [5.74, 6) is -6.48. The molecule has 0 saturated carbocycles. The summed E-state index contributed by atoms with van der Waals surface area (Å²) in [7, 11) is -19.0. The van der Waals surface area contributed by atoms with E-state index in [9.17, 15) is 25.3 Å². The number of fused-ring (bicyclic) bond motifs is 2. The second kappa shape index (κ2) is 22.6. The number of benzene rings is 5. The Hall–Kier alpha value is -6.21. The van der Waals surface area contributed by atoms with E-state index in [0.717, 1.165) is 68.2 Å². The van der Waals surface area contributed by atoms with Crippen LogP contribution in [-0.4, -0.2) is 81.3 Å². The van der Waals surface area contributed by atoms with Gasteiger partial charge in [0.25, 0.3) is 0 Å². The summed E-state index contributed by atoms with van der Waals surface area (Å²) in [6, 6.07) is 20.8. The maximum atomic E-state index is 15.7. The largest absolute Gasteiger partial charge is 0.491 e. The van der Waals surface area contributed by atoms with Gasteiger partial charge in [-0.2, -0.15) is 34.8 Å². The molecule has 0 fully saturated rings. The van der Waals surface area contributed by atoms with Crippen molar-refractivity contribution in [1.29, 1.82) is 0 Å². The summed E-state index contributed by atoms with van der Waals surface area (Å²) in [6.45, 7) is 14.7. The quantitative estimate of drug-likeness (QED) is 0.0320. The lowest BCUT2D eigenvalue weighted by Crippen LogP contribution is -2.84. The fourth-order valence-electron chi connectivity index (χ4n) is 8.86. The van der Waals surface area contributed by atoms with Crippen LogP contribution in [0.2, 0.25) is 0 Å². The van der Waals surface area contributed by atoms with Crippen LogP contribution in [-0.2, 0) is 39.5 Å². The number of nitrogens with zero attached hydrogens (tertiary/aromatic N) is 1. The molecule has 5 aromatic carbocycles. The Morgan fingerprint density at radius 2 is 1.36 bits per heavy atom. The first-order valence-corrected chi connectivity index (χ1v) is 28.5. The minimum Gasteiger partial charge on any atom is -0.491 e. The van der Waals surface area contributed by atoms with Crippen molar-refractivity contribution in [2.45, 2.75) is 88.2 Å². The number of nitrogens with one attached hydrogen (secondary N) is 2. The third kappa shape index (κ3) is 12.0. The summed E-state index contributed by atoms with van der Waals surface area (Å²) >= 11 is 0. The van der Waals surface area contributed by atoms with Crippen LogP contribution < -0.4 is 24.8 Å². The van der Waals surface area contributed by atoms with Gasteiger partial charge in [-0.15, -0.1) is 0 Å². The number of hydrogen-bond donors (Lipinski definition) is 3. The zero-order valence-electron chi connectivity index (χ0n) is 43.2. The first-order chi connectivity index (χ1) is 36.1. The van der Waals surface area contributed by atoms with Crippen LogP contribution in [0.25, 0.3) is 9.70 Å². The second-order valence-electron chi connectivity index (χ2n) is 18.7. The molecule has 0 spiro atoms. The van der Waals surface area contributed by atoms with Crippen molar-refractivity contribution in [3.63, 3.8) is 0 Å². The van der Waals surface area contributed by atoms with E-state index in [0.29, 0.717) is 49.8 Å². The summed E-state index contributed by atoms with van der Waals surface area (Å²) in [5.41, 5.74) is 6.70. The van der Waals surface area contributed by atoms with Crippen molar-refractivity contribution in [2.75, 3.05) is 43.6 Å². The molecule has 7 rings (SSSR count). The first kappa shape index (κ1) is 58.5. The molecule has 4 N–H and O–H groups in total. The second-order valence-corrected chi connectivity index (χ2v) is 23.9. The van der Waals surface area contributed by atoms with Crippen LogP contribution in [0.1, 0.15) is 70.7 Å². The zero-order chi connectivity index (χ0) is 56.5. The average Bonchev–Trinajstić information content (AvgIpc) is 3.36. The van der Waals surface area contributed by atoms with E-state index in [2.05, 4.69) is 9.44 Å². The average molecular weight is 1130 g/mol. The summed E-state index contributed by atoms with van der Waals surface area (Å²) in [5, 5.41) is -8.69. The molecule has 0 saturated heterocycles. The van der Waals surface area contributed by atoms with Gasteiger partial charge < -0.3 is 33.7 Å². The molecule has 1 aliphatic carbocycles. The zero-order valence-corrected chi connectivity index (χ0v) is 45.6. The van der Waals surface area contributed by atoms with Gasteiger partial charge in [0, 0.05) is 69.7 Å². The summed E-state index contributed by atoms with van der Waals surface area (Å²) in [6.07, 6.45) is 5.70. The third-order valence-electron chi connectivity index (χ3n) is 13.0. The van der Waals surface area contributed by atoms with Crippen molar-refractivity contribution < 1.29 is 75.9 Å². The highest BCUT2D eigenvalue weighted by atomic mass is 32.3. The molecular formula is C54H58F6N4O10S3. The van der Waals surface area contributed by atoms with Crippen LogP contribution in [0.4, 0.5) is 49.1 Å². The maximum absolute atomic E-state index is 15.7. The van der Waals surface area contributed by atoms with Gasteiger partial charge in [0.1, 0.15) is 45.6 Å². The van der Waals surface area contributed by atoms with Crippen molar-refractivity contribution in [2.24, 2.45) is 0 Å². The topological polar surface area (TPSA) is 194 Å². The Balaban J connectivity index is 1.24. The molecule has 5 aromatic rings. The molecule has 0 radical (unpaired) electrons. The predicted molar refractivity (Wildman–Crippen MR) is 282 cm³/mol. The highest BCUT2D eigenvalue weighted by Gasteiger charge is 2.80. The highest BCUT2D eigenvalue weighted by Crippen LogP contribution is 2.54. The van der Waals surface area contributed by atoms with Crippen LogP contribution in [0, 0.1) is 34.6 Å². The fraction of sp³-hybridized carbons (Fsp3) is 0.333. The number of anilines is 3. The standard InChI is InChI=1S/C54H57F6N4O10S3/c1-9-33(3)38-14-16-39(17-15-38)63-76(67,68)53(57,58)52(55,56)54(59,60)77(69,70)64-75(65,66)48-13-11-10-12-45(48)49-43-20-18-40(61-50-34(4)26-32(2)27-35(50)5)30-46(43)74-47-31-41(19-21-44(47)49)62-51-36(6)28-42(29-37(51)7)73-25-24-72-23-22-71-8/h10-21,26-31,33,41,61-63H,9,22-25H2,1-8H3/q-1/p+1. The molecule has 0 bridgehead atoms. The molecule has 77 heavy (non-hydrogen) atoms.